The summed E-state index contributed by atoms with van der Waals surface area (Å²) in [5.41, 5.74) is 5.36. The topological polar surface area (TPSA) is 46.2 Å². The first kappa shape index (κ1) is 16.2. The van der Waals surface area contributed by atoms with Gasteiger partial charge in [-0.15, -0.1) is 12.4 Å². The van der Waals surface area contributed by atoms with Crippen LogP contribution in [0.3, 0.4) is 0 Å². The molecular formula is C11H15ClF3NO. The van der Waals surface area contributed by atoms with E-state index in [2.05, 4.69) is 0 Å². The molecule has 0 aromatic heterocycles. The molecule has 1 rings (SSSR count). The molecule has 0 amide bonds. The number of aliphatic hydroxyl groups excluding tert-OH is 1. The quantitative estimate of drug-likeness (QED) is 0.829. The fourth-order valence-electron chi connectivity index (χ4n) is 1.39. The third kappa shape index (κ3) is 3.59. The molecule has 0 unspecified atom stereocenters. The Labute approximate surface area is 104 Å². The van der Waals surface area contributed by atoms with Crippen molar-refractivity contribution < 1.29 is 18.3 Å². The van der Waals surface area contributed by atoms with Gasteiger partial charge in [-0.05, 0) is 12.0 Å². The smallest absolute Gasteiger partial charge is 0.161 e. The van der Waals surface area contributed by atoms with Crippen molar-refractivity contribution in [1.29, 1.82) is 0 Å². The zero-order chi connectivity index (χ0) is 12.5. The fourth-order valence-corrected chi connectivity index (χ4v) is 1.39. The first-order valence-electron chi connectivity index (χ1n) is 4.92. The molecule has 98 valence electrons. The van der Waals surface area contributed by atoms with Crippen LogP contribution in [0.5, 0.6) is 0 Å². The molecule has 1 aromatic carbocycles. The van der Waals surface area contributed by atoms with Crippen molar-refractivity contribution in [3.8, 4) is 0 Å². The maximum absolute atomic E-state index is 13.3. The van der Waals surface area contributed by atoms with Gasteiger partial charge in [0.05, 0.1) is 12.1 Å². The van der Waals surface area contributed by atoms with E-state index in [0.717, 1.165) is 0 Å². The summed E-state index contributed by atoms with van der Waals surface area (Å²) in [5.74, 6) is -3.61. The average molecular weight is 270 g/mol. The van der Waals surface area contributed by atoms with E-state index >= 15 is 0 Å². The second-order valence-corrected chi connectivity index (χ2v) is 4.05. The van der Waals surface area contributed by atoms with Gasteiger partial charge in [-0.1, -0.05) is 13.8 Å². The third-order valence-corrected chi connectivity index (χ3v) is 2.45. The highest BCUT2D eigenvalue weighted by Gasteiger charge is 2.24. The highest BCUT2D eigenvalue weighted by molar-refractivity contribution is 5.85. The van der Waals surface area contributed by atoms with Crippen LogP contribution in [0.1, 0.15) is 25.5 Å². The van der Waals surface area contributed by atoms with Gasteiger partial charge in [0.25, 0.3) is 0 Å². The molecule has 0 aliphatic rings. The Balaban J connectivity index is 0.00000256. The fraction of sp³-hybridized carbons (Fsp3) is 0.455. The maximum atomic E-state index is 13.3. The molecule has 0 aliphatic carbocycles. The van der Waals surface area contributed by atoms with Crippen LogP contribution in [0, 0.1) is 23.4 Å². The predicted molar refractivity (Wildman–Crippen MR) is 61.3 cm³/mol. The van der Waals surface area contributed by atoms with Gasteiger partial charge in [0.1, 0.15) is 5.82 Å². The SMILES string of the molecule is CC(C)[C@H](O)[C@H](N)c1cc(F)c(F)cc1F.Cl. The van der Waals surface area contributed by atoms with E-state index in [4.69, 9.17) is 5.73 Å². The van der Waals surface area contributed by atoms with E-state index in [-0.39, 0.29) is 23.9 Å². The first-order valence-corrected chi connectivity index (χ1v) is 4.92. The minimum Gasteiger partial charge on any atom is -0.391 e. The molecule has 0 saturated heterocycles. The Kier molecular flexibility index (Phi) is 5.95. The lowest BCUT2D eigenvalue weighted by molar-refractivity contribution is 0.0964. The van der Waals surface area contributed by atoms with Crippen molar-refractivity contribution >= 4 is 12.4 Å². The number of aliphatic hydroxyl groups is 1. The highest BCUT2D eigenvalue weighted by Crippen LogP contribution is 2.24. The average Bonchev–Trinajstić information content (AvgIpc) is 2.21. The molecule has 0 fully saturated rings. The van der Waals surface area contributed by atoms with Crippen LogP contribution in [0.15, 0.2) is 12.1 Å². The predicted octanol–water partition coefficient (Wildman–Crippen LogP) is 2.54. The summed E-state index contributed by atoms with van der Waals surface area (Å²) < 4.78 is 38.9. The van der Waals surface area contributed by atoms with Crippen molar-refractivity contribution in [1.82, 2.24) is 0 Å². The second-order valence-electron chi connectivity index (χ2n) is 4.05. The third-order valence-electron chi connectivity index (χ3n) is 2.45. The zero-order valence-corrected chi connectivity index (χ0v) is 10.3. The summed E-state index contributed by atoms with van der Waals surface area (Å²) in [6.07, 6.45) is -1.01. The lowest BCUT2D eigenvalue weighted by Gasteiger charge is -2.22. The molecule has 17 heavy (non-hydrogen) atoms. The van der Waals surface area contributed by atoms with Gasteiger partial charge in [0, 0.05) is 11.6 Å². The highest BCUT2D eigenvalue weighted by atomic mass is 35.5. The maximum Gasteiger partial charge on any atom is 0.161 e. The van der Waals surface area contributed by atoms with Gasteiger partial charge in [-0.3, -0.25) is 0 Å². The van der Waals surface area contributed by atoms with Crippen LogP contribution in [0.25, 0.3) is 0 Å². The normalized spacial score (nSPS) is 14.4. The lowest BCUT2D eigenvalue weighted by atomic mass is 9.94. The van der Waals surface area contributed by atoms with Crippen LogP contribution in [0.2, 0.25) is 0 Å². The molecule has 2 atom stereocenters. The molecule has 6 heteroatoms. The number of halogens is 4. The van der Waals surface area contributed by atoms with E-state index in [1.165, 1.54) is 0 Å². The minimum absolute atomic E-state index is 0. The van der Waals surface area contributed by atoms with Crippen LogP contribution in [-0.4, -0.2) is 11.2 Å². The van der Waals surface area contributed by atoms with Gasteiger partial charge < -0.3 is 10.8 Å². The second kappa shape index (κ2) is 6.23. The van der Waals surface area contributed by atoms with Gasteiger partial charge in [0.15, 0.2) is 11.6 Å². The van der Waals surface area contributed by atoms with Gasteiger partial charge in [0.2, 0.25) is 0 Å². The van der Waals surface area contributed by atoms with E-state index in [0.29, 0.717) is 12.1 Å². The van der Waals surface area contributed by atoms with Crippen LogP contribution >= 0.6 is 12.4 Å². The molecule has 0 heterocycles. The summed E-state index contributed by atoms with van der Waals surface area (Å²) in [6, 6.07) is 0.0356. The van der Waals surface area contributed by atoms with E-state index in [1.54, 1.807) is 13.8 Å². The molecule has 2 nitrogen and oxygen atoms in total. The molecule has 0 bridgehead atoms. The molecular weight excluding hydrogens is 255 g/mol. The van der Waals surface area contributed by atoms with Crippen molar-refractivity contribution in [3.63, 3.8) is 0 Å². The molecule has 0 spiro atoms. The summed E-state index contributed by atoms with van der Waals surface area (Å²) >= 11 is 0. The zero-order valence-electron chi connectivity index (χ0n) is 9.45. The van der Waals surface area contributed by atoms with Crippen molar-refractivity contribution in [2.24, 2.45) is 11.7 Å². The summed E-state index contributed by atoms with van der Waals surface area (Å²) in [4.78, 5) is 0. The van der Waals surface area contributed by atoms with E-state index in [9.17, 15) is 18.3 Å². The number of hydrogen-bond acceptors (Lipinski definition) is 2. The Hall–Kier alpha value is -0.780. The standard InChI is InChI=1S/C11H14F3NO.ClH/c1-5(2)11(16)10(15)6-3-8(13)9(14)4-7(6)12;/h3-5,10-11,16H,15H2,1-2H3;1H/t10-,11+;/m1./s1. The first-order chi connectivity index (χ1) is 7.34. The Morgan fingerprint density at radius 3 is 2.00 bits per heavy atom. The molecule has 0 radical (unpaired) electrons. The van der Waals surface area contributed by atoms with Crippen LogP contribution in [0.4, 0.5) is 13.2 Å². The number of rotatable bonds is 3. The monoisotopic (exact) mass is 269 g/mol. The van der Waals surface area contributed by atoms with Crippen LogP contribution in [-0.2, 0) is 0 Å². The van der Waals surface area contributed by atoms with Crippen molar-refractivity contribution in [2.75, 3.05) is 0 Å². The van der Waals surface area contributed by atoms with Crippen LogP contribution < -0.4 is 5.73 Å². The van der Waals surface area contributed by atoms with Crippen molar-refractivity contribution in [2.45, 2.75) is 26.0 Å². The Morgan fingerprint density at radius 1 is 1.06 bits per heavy atom. The minimum atomic E-state index is -1.27. The summed E-state index contributed by atoms with van der Waals surface area (Å²) in [7, 11) is 0. The lowest BCUT2D eigenvalue weighted by Crippen LogP contribution is -2.31. The molecule has 0 saturated carbocycles. The summed E-state index contributed by atoms with van der Waals surface area (Å²) in [6.45, 7) is 3.39. The molecule has 0 aliphatic heterocycles. The van der Waals surface area contributed by atoms with E-state index < -0.39 is 29.6 Å². The number of benzene rings is 1. The largest absolute Gasteiger partial charge is 0.391 e. The molecule has 1 aromatic rings. The summed E-state index contributed by atoms with van der Waals surface area (Å²) in [5, 5.41) is 9.63. The molecule has 3 N–H and O–H groups in total. The number of hydrogen-bond donors (Lipinski definition) is 2. The van der Waals surface area contributed by atoms with E-state index in [1.807, 2.05) is 0 Å². The van der Waals surface area contributed by atoms with Gasteiger partial charge >= 0.3 is 0 Å². The Morgan fingerprint density at radius 2 is 1.53 bits per heavy atom. The van der Waals surface area contributed by atoms with Gasteiger partial charge in [-0.25, -0.2) is 13.2 Å². The van der Waals surface area contributed by atoms with Crippen molar-refractivity contribution in [3.05, 3.63) is 35.1 Å². The van der Waals surface area contributed by atoms with Gasteiger partial charge in [-0.2, -0.15) is 0 Å². The number of nitrogens with two attached hydrogens (primary N) is 1. The Bertz CT molecular complexity index is 387.